The maximum absolute atomic E-state index is 12.3. The summed E-state index contributed by atoms with van der Waals surface area (Å²) in [4.78, 5) is 8.59. The van der Waals surface area contributed by atoms with Gasteiger partial charge < -0.3 is 10.4 Å². The van der Waals surface area contributed by atoms with Gasteiger partial charge in [0.05, 0.1) is 6.04 Å². The molecule has 4 heteroatoms. The molecular weight excluding hydrogens is 358 g/mol. The summed E-state index contributed by atoms with van der Waals surface area (Å²) < 4.78 is 0. The van der Waals surface area contributed by atoms with Crippen molar-refractivity contribution in [2.24, 2.45) is 5.92 Å². The van der Waals surface area contributed by atoms with Gasteiger partial charge in [0.15, 0.2) is 0 Å². The molecule has 2 N–H and O–H groups in total. The van der Waals surface area contributed by atoms with E-state index in [1.807, 2.05) is 42.5 Å². The molecule has 1 aliphatic rings. The van der Waals surface area contributed by atoms with Gasteiger partial charge in [-0.15, -0.1) is 0 Å². The van der Waals surface area contributed by atoms with E-state index in [-0.39, 0.29) is 6.04 Å². The first-order valence-corrected chi connectivity index (χ1v) is 10.6. The van der Waals surface area contributed by atoms with E-state index in [1.165, 1.54) is 32.1 Å². The van der Waals surface area contributed by atoms with Crippen molar-refractivity contribution in [1.29, 1.82) is 0 Å². The van der Waals surface area contributed by atoms with Crippen LogP contribution in [0.15, 0.2) is 79.4 Å². The molecule has 3 aromatic rings. The predicted molar refractivity (Wildman–Crippen MR) is 115 cm³/mol. The summed E-state index contributed by atoms with van der Waals surface area (Å²) in [7, 11) is 0. The van der Waals surface area contributed by atoms with Crippen LogP contribution in [0.5, 0.6) is 0 Å². The number of benzene rings is 1. The molecule has 2 aromatic heterocycles. The summed E-state index contributed by atoms with van der Waals surface area (Å²) in [6.07, 6.45) is 13.4. The SMILES string of the molecule is OC(c1cccnc1)(c1cccnc1)[C@H](NCC1CCCCC1)c1ccccc1. The summed E-state index contributed by atoms with van der Waals surface area (Å²) in [6, 6.07) is 17.5. The van der Waals surface area contributed by atoms with E-state index in [0.717, 1.165) is 23.2 Å². The molecule has 0 amide bonds. The second-order valence-electron chi connectivity index (χ2n) is 8.01. The Bertz CT molecular complexity index is 825. The fraction of sp³-hybridized carbons (Fsp3) is 0.360. The fourth-order valence-corrected chi connectivity index (χ4v) is 4.50. The van der Waals surface area contributed by atoms with Crippen LogP contribution in [0.25, 0.3) is 0 Å². The molecule has 29 heavy (non-hydrogen) atoms. The van der Waals surface area contributed by atoms with Crippen molar-refractivity contribution in [1.82, 2.24) is 15.3 Å². The monoisotopic (exact) mass is 387 g/mol. The van der Waals surface area contributed by atoms with Crippen molar-refractivity contribution in [2.75, 3.05) is 6.54 Å². The minimum Gasteiger partial charge on any atom is -0.378 e. The molecule has 0 radical (unpaired) electrons. The van der Waals surface area contributed by atoms with E-state index in [1.54, 1.807) is 24.8 Å². The lowest BCUT2D eigenvalue weighted by Gasteiger charge is -2.39. The lowest BCUT2D eigenvalue weighted by molar-refractivity contribution is 0.0333. The topological polar surface area (TPSA) is 58.0 Å². The number of aromatic nitrogens is 2. The van der Waals surface area contributed by atoms with Crippen LogP contribution in [-0.2, 0) is 5.60 Å². The number of nitrogens with one attached hydrogen (secondary N) is 1. The molecule has 1 aliphatic carbocycles. The van der Waals surface area contributed by atoms with Crippen molar-refractivity contribution in [3.05, 3.63) is 96.1 Å². The Morgan fingerprint density at radius 2 is 1.48 bits per heavy atom. The molecule has 150 valence electrons. The molecule has 1 aromatic carbocycles. The van der Waals surface area contributed by atoms with Gasteiger partial charge in [0.25, 0.3) is 0 Å². The first kappa shape index (κ1) is 19.7. The van der Waals surface area contributed by atoms with Crippen LogP contribution in [-0.4, -0.2) is 21.6 Å². The van der Waals surface area contributed by atoms with Crippen LogP contribution in [0.4, 0.5) is 0 Å². The van der Waals surface area contributed by atoms with E-state index in [2.05, 4.69) is 27.4 Å². The third kappa shape index (κ3) is 4.39. The fourth-order valence-electron chi connectivity index (χ4n) is 4.50. The highest BCUT2D eigenvalue weighted by Crippen LogP contribution is 2.41. The molecule has 0 bridgehead atoms. The Morgan fingerprint density at radius 3 is 2.03 bits per heavy atom. The van der Waals surface area contributed by atoms with Gasteiger partial charge in [-0.2, -0.15) is 0 Å². The van der Waals surface area contributed by atoms with Crippen molar-refractivity contribution < 1.29 is 5.11 Å². The first-order chi connectivity index (χ1) is 14.3. The van der Waals surface area contributed by atoms with E-state index < -0.39 is 5.60 Å². The molecular formula is C25H29N3O. The molecule has 0 aliphatic heterocycles. The van der Waals surface area contributed by atoms with Gasteiger partial charge in [-0.25, -0.2) is 0 Å². The maximum atomic E-state index is 12.3. The molecule has 0 saturated heterocycles. The second kappa shape index (κ2) is 9.29. The van der Waals surface area contributed by atoms with E-state index >= 15 is 0 Å². The average molecular weight is 388 g/mol. The van der Waals surface area contributed by atoms with Gasteiger partial charge in [-0.3, -0.25) is 9.97 Å². The summed E-state index contributed by atoms with van der Waals surface area (Å²) in [6.45, 7) is 0.891. The molecule has 1 fully saturated rings. The lowest BCUT2D eigenvalue weighted by atomic mass is 9.78. The Kier molecular flexibility index (Phi) is 6.33. The standard InChI is InChI=1S/C25H29N3O/c29-25(22-13-7-15-26-18-22,23-14-8-16-27-19-23)24(21-11-5-2-6-12-21)28-17-20-9-3-1-4-10-20/h2,5-8,11-16,18-20,24,28-29H,1,3-4,9-10,17H2/t24-/m1/s1. The van der Waals surface area contributed by atoms with Gasteiger partial charge in [-0.1, -0.05) is 61.7 Å². The van der Waals surface area contributed by atoms with Gasteiger partial charge >= 0.3 is 0 Å². The number of aliphatic hydroxyl groups is 1. The summed E-state index contributed by atoms with van der Waals surface area (Å²) in [5.74, 6) is 0.655. The third-order valence-electron chi connectivity index (χ3n) is 6.09. The minimum atomic E-state index is -1.28. The normalized spacial score (nSPS) is 16.4. The van der Waals surface area contributed by atoms with E-state index in [4.69, 9.17) is 0 Å². The van der Waals surface area contributed by atoms with Crippen molar-refractivity contribution >= 4 is 0 Å². The zero-order chi connectivity index (χ0) is 19.9. The smallest absolute Gasteiger partial charge is 0.137 e. The largest absolute Gasteiger partial charge is 0.378 e. The predicted octanol–water partition coefficient (Wildman–Crippen LogP) is 4.62. The highest BCUT2D eigenvalue weighted by atomic mass is 16.3. The molecule has 1 saturated carbocycles. The molecule has 2 heterocycles. The lowest BCUT2D eigenvalue weighted by Crippen LogP contribution is -2.44. The van der Waals surface area contributed by atoms with Gasteiger partial charge in [0, 0.05) is 35.9 Å². The molecule has 0 spiro atoms. The van der Waals surface area contributed by atoms with Crippen molar-refractivity contribution in [3.8, 4) is 0 Å². The molecule has 4 nitrogen and oxygen atoms in total. The Balaban J connectivity index is 1.75. The summed E-state index contributed by atoms with van der Waals surface area (Å²) >= 11 is 0. The minimum absolute atomic E-state index is 0.306. The van der Waals surface area contributed by atoms with E-state index in [9.17, 15) is 5.11 Å². The average Bonchev–Trinajstić information content (AvgIpc) is 2.81. The Morgan fingerprint density at radius 1 is 0.862 bits per heavy atom. The number of pyridine rings is 2. The van der Waals surface area contributed by atoms with Gasteiger partial charge in [-0.05, 0) is 43.0 Å². The van der Waals surface area contributed by atoms with Gasteiger partial charge in [0.2, 0.25) is 0 Å². The zero-order valence-electron chi connectivity index (χ0n) is 16.7. The highest BCUT2D eigenvalue weighted by molar-refractivity contribution is 5.39. The van der Waals surface area contributed by atoms with Crippen LogP contribution >= 0.6 is 0 Å². The maximum Gasteiger partial charge on any atom is 0.137 e. The van der Waals surface area contributed by atoms with Crippen molar-refractivity contribution in [2.45, 2.75) is 43.7 Å². The van der Waals surface area contributed by atoms with E-state index in [0.29, 0.717) is 5.92 Å². The summed E-state index contributed by atoms with van der Waals surface area (Å²) in [5.41, 5.74) is 1.30. The number of hydrogen-bond donors (Lipinski definition) is 2. The number of hydrogen-bond acceptors (Lipinski definition) is 4. The molecule has 1 atom stereocenters. The number of nitrogens with zero attached hydrogens (tertiary/aromatic N) is 2. The second-order valence-corrected chi connectivity index (χ2v) is 8.01. The third-order valence-corrected chi connectivity index (χ3v) is 6.09. The van der Waals surface area contributed by atoms with Crippen LogP contribution in [0, 0.1) is 5.92 Å². The van der Waals surface area contributed by atoms with Crippen LogP contribution in [0.2, 0.25) is 0 Å². The van der Waals surface area contributed by atoms with Crippen LogP contribution in [0.3, 0.4) is 0 Å². The van der Waals surface area contributed by atoms with Crippen LogP contribution in [0.1, 0.15) is 54.8 Å². The summed E-state index contributed by atoms with van der Waals surface area (Å²) in [5, 5.41) is 16.0. The quantitative estimate of drug-likeness (QED) is 0.621. The first-order valence-electron chi connectivity index (χ1n) is 10.6. The van der Waals surface area contributed by atoms with Crippen LogP contribution < -0.4 is 5.32 Å². The Labute approximate surface area is 173 Å². The Hall–Kier alpha value is -2.56. The van der Waals surface area contributed by atoms with Gasteiger partial charge in [0.1, 0.15) is 5.60 Å². The molecule has 0 unspecified atom stereocenters. The highest BCUT2D eigenvalue weighted by Gasteiger charge is 2.41. The molecule has 4 rings (SSSR count). The zero-order valence-corrected chi connectivity index (χ0v) is 16.7. The number of rotatable bonds is 7. The van der Waals surface area contributed by atoms with Crippen molar-refractivity contribution in [3.63, 3.8) is 0 Å².